The molecule has 0 aliphatic heterocycles. The molecule has 17 heavy (non-hydrogen) atoms. The van der Waals surface area contributed by atoms with Crippen molar-refractivity contribution in [1.82, 2.24) is 0 Å². The molecule has 0 saturated carbocycles. The highest BCUT2D eigenvalue weighted by molar-refractivity contribution is 7.54. The number of aromatic hydroxyl groups is 1. The summed E-state index contributed by atoms with van der Waals surface area (Å²) in [7, 11) is -3.22. The fourth-order valence-electron chi connectivity index (χ4n) is 1.63. The van der Waals surface area contributed by atoms with Crippen molar-refractivity contribution in [2.45, 2.75) is 26.4 Å². The zero-order valence-corrected chi connectivity index (χ0v) is 11.3. The van der Waals surface area contributed by atoms with Gasteiger partial charge in [-0.1, -0.05) is 18.2 Å². The molecule has 1 aromatic carbocycles. The summed E-state index contributed by atoms with van der Waals surface area (Å²) in [6.07, 6.45) is 0. The summed E-state index contributed by atoms with van der Waals surface area (Å²) < 4.78 is 23.0. The first-order valence-corrected chi connectivity index (χ1v) is 7.33. The van der Waals surface area contributed by atoms with E-state index in [2.05, 4.69) is 0 Å². The Morgan fingerprint density at radius 1 is 1.24 bits per heavy atom. The summed E-state index contributed by atoms with van der Waals surface area (Å²) in [4.78, 5) is 0. The molecular formula is C12H19O4P. The molecule has 0 amide bonds. The van der Waals surface area contributed by atoms with Crippen molar-refractivity contribution in [2.75, 3.05) is 13.2 Å². The van der Waals surface area contributed by atoms with Crippen LogP contribution >= 0.6 is 7.60 Å². The molecule has 0 aliphatic rings. The molecule has 0 aromatic heterocycles. The third-order valence-electron chi connectivity index (χ3n) is 2.48. The van der Waals surface area contributed by atoms with Gasteiger partial charge in [0.05, 0.1) is 18.9 Å². The Labute approximate surface area is 102 Å². The van der Waals surface area contributed by atoms with Crippen LogP contribution in [-0.2, 0) is 13.6 Å². The normalized spacial score (nSPS) is 13.6. The summed E-state index contributed by atoms with van der Waals surface area (Å²) in [6.45, 7) is 5.90. The van der Waals surface area contributed by atoms with Gasteiger partial charge in [-0.05, 0) is 26.8 Å². The Morgan fingerprint density at radius 3 is 2.24 bits per heavy atom. The summed E-state index contributed by atoms with van der Waals surface area (Å²) >= 11 is 0. The predicted octanol–water partition coefficient (Wildman–Crippen LogP) is 3.72. The highest BCUT2D eigenvalue weighted by Crippen LogP contribution is 2.61. The lowest BCUT2D eigenvalue weighted by Crippen LogP contribution is -2.04. The van der Waals surface area contributed by atoms with Gasteiger partial charge in [0.1, 0.15) is 5.75 Å². The van der Waals surface area contributed by atoms with Gasteiger partial charge < -0.3 is 14.2 Å². The van der Waals surface area contributed by atoms with Gasteiger partial charge in [-0.25, -0.2) is 0 Å². The first kappa shape index (κ1) is 14.2. The zero-order valence-electron chi connectivity index (χ0n) is 10.4. The number of para-hydroxylation sites is 1. The predicted molar refractivity (Wildman–Crippen MR) is 67.4 cm³/mol. The van der Waals surface area contributed by atoms with E-state index in [1.807, 2.05) is 0 Å². The van der Waals surface area contributed by atoms with E-state index in [0.29, 0.717) is 18.8 Å². The van der Waals surface area contributed by atoms with Crippen LogP contribution in [0.4, 0.5) is 0 Å². The van der Waals surface area contributed by atoms with Gasteiger partial charge >= 0.3 is 7.60 Å². The molecule has 1 N–H and O–H groups in total. The maximum Gasteiger partial charge on any atom is 0.337 e. The van der Waals surface area contributed by atoms with Crippen molar-refractivity contribution in [3.63, 3.8) is 0 Å². The first-order valence-electron chi connectivity index (χ1n) is 5.71. The topological polar surface area (TPSA) is 55.8 Å². The molecule has 0 saturated heterocycles. The van der Waals surface area contributed by atoms with Crippen LogP contribution in [0.1, 0.15) is 32.0 Å². The average molecular weight is 258 g/mol. The number of rotatable bonds is 6. The molecule has 0 fully saturated rings. The number of phenolic OH excluding ortho intramolecular Hbond substituents is 1. The van der Waals surface area contributed by atoms with Crippen molar-refractivity contribution in [2.24, 2.45) is 0 Å². The van der Waals surface area contributed by atoms with Crippen LogP contribution in [0.25, 0.3) is 0 Å². The van der Waals surface area contributed by atoms with Gasteiger partial charge in [0, 0.05) is 5.56 Å². The Balaban J connectivity index is 3.04. The molecule has 1 aromatic rings. The van der Waals surface area contributed by atoms with Gasteiger partial charge in [-0.15, -0.1) is 0 Å². The third-order valence-corrected chi connectivity index (χ3v) is 4.94. The Hall–Kier alpha value is -0.830. The molecule has 0 spiro atoms. The lowest BCUT2D eigenvalue weighted by molar-refractivity contribution is 0.213. The van der Waals surface area contributed by atoms with Crippen molar-refractivity contribution in [3.05, 3.63) is 29.8 Å². The molecular weight excluding hydrogens is 239 g/mol. The van der Waals surface area contributed by atoms with E-state index in [1.165, 1.54) is 0 Å². The number of hydrogen-bond acceptors (Lipinski definition) is 4. The minimum absolute atomic E-state index is 0.111. The van der Waals surface area contributed by atoms with Gasteiger partial charge in [0.2, 0.25) is 0 Å². The van der Waals surface area contributed by atoms with Crippen molar-refractivity contribution < 1.29 is 18.7 Å². The molecule has 96 valence electrons. The average Bonchev–Trinajstić information content (AvgIpc) is 2.29. The van der Waals surface area contributed by atoms with Crippen LogP contribution in [0.2, 0.25) is 0 Å². The Morgan fingerprint density at radius 2 is 1.76 bits per heavy atom. The van der Waals surface area contributed by atoms with Crippen LogP contribution in [0.3, 0.4) is 0 Å². The van der Waals surface area contributed by atoms with Crippen LogP contribution in [0.15, 0.2) is 24.3 Å². The maximum atomic E-state index is 12.5. The zero-order chi connectivity index (χ0) is 12.9. The molecule has 1 rings (SSSR count). The first-order chi connectivity index (χ1) is 8.05. The highest BCUT2D eigenvalue weighted by Gasteiger charge is 2.34. The molecule has 4 nitrogen and oxygen atoms in total. The smallest absolute Gasteiger partial charge is 0.337 e. The van der Waals surface area contributed by atoms with E-state index in [1.54, 1.807) is 45.0 Å². The van der Waals surface area contributed by atoms with E-state index in [9.17, 15) is 9.67 Å². The van der Waals surface area contributed by atoms with E-state index >= 15 is 0 Å². The summed E-state index contributed by atoms with van der Waals surface area (Å²) in [5, 5.41) is 9.75. The fourth-order valence-corrected chi connectivity index (χ4v) is 3.43. The van der Waals surface area contributed by atoms with Crippen LogP contribution in [0.5, 0.6) is 5.75 Å². The fraction of sp³-hybridized carbons (Fsp3) is 0.500. The van der Waals surface area contributed by atoms with Crippen LogP contribution in [-0.4, -0.2) is 18.3 Å². The third kappa shape index (κ3) is 3.32. The maximum absolute atomic E-state index is 12.5. The second-order valence-electron chi connectivity index (χ2n) is 3.61. The van der Waals surface area contributed by atoms with E-state index in [0.717, 1.165) is 0 Å². The van der Waals surface area contributed by atoms with Crippen molar-refractivity contribution in [1.29, 1.82) is 0 Å². The largest absolute Gasteiger partial charge is 0.508 e. The number of benzene rings is 1. The monoisotopic (exact) mass is 258 g/mol. The quantitative estimate of drug-likeness (QED) is 0.790. The van der Waals surface area contributed by atoms with Gasteiger partial charge in [0.15, 0.2) is 0 Å². The Bertz CT molecular complexity index is 395. The number of hydrogen-bond donors (Lipinski definition) is 1. The van der Waals surface area contributed by atoms with E-state index < -0.39 is 13.3 Å². The van der Waals surface area contributed by atoms with E-state index in [4.69, 9.17) is 9.05 Å². The van der Waals surface area contributed by atoms with Gasteiger partial charge in [-0.3, -0.25) is 4.57 Å². The second-order valence-corrected chi connectivity index (χ2v) is 5.98. The van der Waals surface area contributed by atoms with Gasteiger partial charge in [-0.2, -0.15) is 0 Å². The SMILES string of the molecule is CCOP(=O)(OCC)C(C)c1ccccc1O. The molecule has 0 heterocycles. The molecule has 1 atom stereocenters. The molecule has 5 heteroatoms. The second kappa shape index (κ2) is 6.20. The van der Waals surface area contributed by atoms with Crippen molar-refractivity contribution in [3.8, 4) is 5.75 Å². The summed E-state index contributed by atoms with van der Waals surface area (Å²) in [5.41, 5.74) is 0.0985. The van der Waals surface area contributed by atoms with E-state index in [-0.39, 0.29) is 5.75 Å². The van der Waals surface area contributed by atoms with Crippen molar-refractivity contribution >= 4 is 7.60 Å². The minimum Gasteiger partial charge on any atom is -0.508 e. The highest BCUT2D eigenvalue weighted by atomic mass is 31.2. The van der Waals surface area contributed by atoms with Crippen LogP contribution < -0.4 is 0 Å². The van der Waals surface area contributed by atoms with Gasteiger partial charge in [0.25, 0.3) is 0 Å². The molecule has 0 radical (unpaired) electrons. The van der Waals surface area contributed by atoms with Crippen LogP contribution in [0, 0.1) is 0 Å². The number of phenols is 1. The molecule has 0 aliphatic carbocycles. The molecule has 0 bridgehead atoms. The lowest BCUT2D eigenvalue weighted by atomic mass is 10.1. The standard InChI is InChI=1S/C12H19O4P/c1-4-15-17(14,16-5-2)10(3)11-8-6-7-9-12(11)13/h6-10,13H,4-5H2,1-3H3. The Kier molecular flexibility index (Phi) is 5.19. The minimum atomic E-state index is -3.22. The lowest BCUT2D eigenvalue weighted by Gasteiger charge is -2.24. The summed E-state index contributed by atoms with van der Waals surface area (Å²) in [6, 6.07) is 6.80. The molecule has 1 unspecified atom stereocenters. The summed E-state index contributed by atoms with van der Waals surface area (Å²) in [5.74, 6) is 0.111.